The lowest BCUT2D eigenvalue weighted by atomic mass is 9.99. The van der Waals surface area contributed by atoms with Crippen LogP contribution in [0.3, 0.4) is 0 Å². The first-order valence-electron chi connectivity index (χ1n) is 10.3. The van der Waals surface area contributed by atoms with E-state index in [4.69, 9.17) is 0 Å². The molecule has 6 nitrogen and oxygen atoms in total. The zero-order valence-electron chi connectivity index (χ0n) is 17.9. The molecule has 4 aromatic rings. The SMILES string of the molecule is CCCS(=O)(=O)Nc1ccc(F)c(C(=O)c2c[nH]c3ncc(-c4cccc(C)c4)cc23)c1F. The molecule has 0 radical (unpaired) electrons. The highest BCUT2D eigenvalue weighted by Crippen LogP contribution is 2.29. The van der Waals surface area contributed by atoms with Crippen LogP contribution in [-0.2, 0) is 10.0 Å². The summed E-state index contributed by atoms with van der Waals surface area (Å²) in [5, 5.41) is 0.398. The van der Waals surface area contributed by atoms with Gasteiger partial charge in [0.15, 0.2) is 5.82 Å². The Kier molecular flexibility index (Phi) is 5.99. The van der Waals surface area contributed by atoms with Gasteiger partial charge in [0, 0.05) is 28.9 Å². The van der Waals surface area contributed by atoms with Crippen molar-refractivity contribution >= 4 is 32.5 Å². The molecule has 0 aliphatic carbocycles. The molecule has 33 heavy (non-hydrogen) atoms. The molecule has 0 aliphatic heterocycles. The number of nitrogens with zero attached hydrogens (tertiary/aromatic N) is 1. The second-order valence-electron chi connectivity index (χ2n) is 7.73. The molecular weight excluding hydrogens is 448 g/mol. The van der Waals surface area contributed by atoms with Gasteiger partial charge in [-0.3, -0.25) is 9.52 Å². The third kappa shape index (κ3) is 4.49. The fraction of sp³-hybridized carbons (Fsp3) is 0.167. The van der Waals surface area contributed by atoms with Gasteiger partial charge in [-0.2, -0.15) is 0 Å². The number of fused-ring (bicyclic) bond motifs is 1. The van der Waals surface area contributed by atoms with E-state index < -0.39 is 38.7 Å². The maximum Gasteiger partial charge on any atom is 0.232 e. The van der Waals surface area contributed by atoms with Crippen molar-refractivity contribution in [3.05, 3.63) is 83.2 Å². The molecule has 0 bridgehead atoms. The molecule has 170 valence electrons. The van der Waals surface area contributed by atoms with Crippen molar-refractivity contribution < 1.29 is 22.0 Å². The van der Waals surface area contributed by atoms with Gasteiger partial charge in [0.2, 0.25) is 15.8 Å². The lowest BCUT2D eigenvalue weighted by molar-refractivity contribution is 0.103. The van der Waals surface area contributed by atoms with Crippen molar-refractivity contribution in [1.82, 2.24) is 9.97 Å². The summed E-state index contributed by atoms with van der Waals surface area (Å²) in [4.78, 5) is 20.4. The minimum absolute atomic E-state index is 0.0263. The van der Waals surface area contributed by atoms with Crippen molar-refractivity contribution in [2.45, 2.75) is 20.3 Å². The number of hydrogen-bond donors (Lipinski definition) is 2. The molecule has 9 heteroatoms. The van der Waals surface area contributed by atoms with E-state index in [9.17, 15) is 17.6 Å². The highest BCUT2D eigenvalue weighted by atomic mass is 32.2. The largest absolute Gasteiger partial charge is 0.345 e. The number of anilines is 1. The normalized spacial score (nSPS) is 11.6. The minimum atomic E-state index is -3.83. The molecular formula is C24H21F2N3O3S. The van der Waals surface area contributed by atoms with E-state index >= 15 is 4.39 Å². The van der Waals surface area contributed by atoms with Crippen LogP contribution in [0.1, 0.15) is 34.8 Å². The summed E-state index contributed by atoms with van der Waals surface area (Å²) < 4.78 is 55.9. The van der Waals surface area contributed by atoms with Crippen LogP contribution in [0.4, 0.5) is 14.5 Å². The van der Waals surface area contributed by atoms with Gasteiger partial charge in [-0.1, -0.05) is 36.8 Å². The van der Waals surface area contributed by atoms with Gasteiger partial charge in [0.05, 0.1) is 17.0 Å². The molecule has 2 heterocycles. The van der Waals surface area contributed by atoms with E-state index in [2.05, 4.69) is 14.7 Å². The van der Waals surface area contributed by atoms with Crippen molar-refractivity contribution in [3.63, 3.8) is 0 Å². The Labute approximate surface area is 189 Å². The van der Waals surface area contributed by atoms with Crippen molar-refractivity contribution in [2.24, 2.45) is 0 Å². The van der Waals surface area contributed by atoms with Crippen LogP contribution in [0.15, 0.2) is 54.9 Å². The number of sulfonamides is 1. The number of rotatable bonds is 7. The molecule has 0 amide bonds. The van der Waals surface area contributed by atoms with Gasteiger partial charge in [0.1, 0.15) is 11.5 Å². The molecule has 4 rings (SSSR count). The third-order valence-electron chi connectivity index (χ3n) is 5.18. The van der Waals surface area contributed by atoms with Crippen molar-refractivity contribution in [2.75, 3.05) is 10.5 Å². The topological polar surface area (TPSA) is 91.9 Å². The van der Waals surface area contributed by atoms with Gasteiger partial charge in [-0.25, -0.2) is 22.2 Å². The number of halogens is 2. The van der Waals surface area contributed by atoms with Gasteiger partial charge in [-0.15, -0.1) is 0 Å². The van der Waals surface area contributed by atoms with E-state index in [1.165, 1.54) is 6.20 Å². The predicted molar refractivity (Wildman–Crippen MR) is 124 cm³/mol. The summed E-state index contributed by atoms with van der Waals surface area (Å²) in [6, 6.07) is 11.3. The van der Waals surface area contributed by atoms with Crippen LogP contribution in [0, 0.1) is 18.6 Å². The van der Waals surface area contributed by atoms with E-state index in [1.54, 1.807) is 19.2 Å². The highest BCUT2D eigenvalue weighted by molar-refractivity contribution is 7.92. The van der Waals surface area contributed by atoms with Gasteiger partial charge < -0.3 is 4.98 Å². The monoisotopic (exact) mass is 469 g/mol. The first kappa shape index (κ1) is 22.6. The quantitative estimate of drug-likeness (QED) is 0.364. The van der Waals surface area contributed by atoms with E-state index in [0.29, 0.717) is 17.5 Å². The fourth-order valence-electron chi connectivity index (χ4n) is 3.64. The summed E-state index contributed by atoms with van der Waals surface area (Å²) in [6.07, 6.45) is 3.30. The third-order valence-corrected chi connectivity index (χ3v) is 6.66. The Morgan fingerprint density at radius 1 is 1.12 bits per heavy atom. The number of H-pyrrole nitrogens is 1. The average Bonchev–Trinajstić information content (AvgIpc) is 3.19. The Morgan fingerprint density at radius 3 is 2.64 bits per heavy atom. The molecule has 2 N–H and O–H groups in total. The average molecular weight is 470 g/mol. The molecule has 0 aliphatic rings. The highest BCUT2D eigenvalue weighted by Gasteiger charge is 2.26. The Balaban J connectivity index is 1.79. The first-order valence-corrected chi connectivity index (χ1v) is 11.9. The second-order valence-corrected chi connectivity index (χ2v) is 9.57. The van der Waals surface area contributed by atoms with E-state index in [0.717, 1.165) is 28.8 Å². The number of hydrogen-bond acceptors (Lipinski definition) is 4. The molecule has 0 spiro atoms. The van der Waals surface area contributed by atoms with Gasteiger partial charge in [-0.05, 0) is 37.1 Å². The number of carbonyl (C=O) groups excluding carboxylic acids is 1. The van der Waals surface area contributed by atoms with Gasteiger partial charge >= 0.3 is 0 Å². The molecule has 2 aromatic carbocycles. The number of carbonyl (C=O) groups is 1. The standard InChI is InChI=1S/C24H21F2N3O3S/c1-3-9-33(31,32)29-20-8-7-19(25)21(22(20)26)23(30)18-13-28-24-17(18)11-16(12-27-24)15-6-4-5-14(2)10-15/h4-8,10-13,29H,3,9H2,1-2H3,(H,27,28). The van der Waals surface area contributed by atoms with Gasteiger partial charge in [0.25, 0.3) is 0 Å². The summed E-state index contributed by atoms with van der Waals surface area (Å²) >= 11 is 0. The Morgan fingerprint density at radius 2 is 1.91 bits per heavy atom. The minimum Gasteiger partial charge on any atom is -0.345 e. The first-order chi connectivity index (χ1) is 15.7. The van der Waals surface area contributed by atoms with Crippen LogP contribution in [-0.4, -0.2) is 29.9 Å². The van der Waals surface area contributed by atoms with Crippen LogP contribution in [0.5, 0.6) is 0 Å². The summed E-state index contributed by atoms with van der Waals surface area (Å²) in [6.45, 7) is 3.61. The van der Waals surface area contributed by atoms with Crippen molar-refractivity contribution in [1.29, 1.82) is 0 Å². The number of aromatic amines is 1. The molecule has 0 atom stereocenters. The molecule has 0 fully saturated rings. The zero-order chi connectivity index (χ0) is 23.8. The fourth-order valence-corrected chi connectivity index (χ4v) is 4.77. The van der Waals surface area contributed by atoms with Crippen LogP contribution in [0.2, 0.25) is 0 Å². The number of aryl methyl sites for hydroxylation is 1. The Bertz CT molecular complexity index is 1480. The number of nitrogens with one attached hydrogen (secondary N) is 2. The number of aromatic nitrogens is 2. The van der Waals surface area contributed by atoms with Crippen LogP contribution < -0.4 is 4.72 Å². The lowest BCUT2D eigenvalue weighted by Gasteiger charge is -2.11. The van der Waals surface area contributed by atoms with Crippen LogP contribution in [0.25, 0.3) is 22.2 Å². The summed E-state index contributed by atoms with van der Waals surface area (Å²) in [5.41, 5.74) is 1.76. The maximum absolute atomic E-state index is 15.1. The summed E-state index contributed by atoms with van der Waals surface area (Å²) in [5.74, 6) is -3.51. The maximum atomic E-state index is 15.1. The smallest absolute Gasteiger partial charge is 0.232 e. The summed E-state index contributed by atoms with van der Waals surface area (Å²) in [7, 11) is -3.83. The zero-order valence-corrected chi connectivity index (χ0v) is 18.8. The number of pyridine rings is 1. The molecule has 2 aromatic heterocycles. The van der Waals surface area contributed by atoms with E-state index in [1.807, 2.05) is 31.2 Å². The van der Waals surface area contributed by atoms with Crippen LogP contribution >= 0.6 is 0 Å². The molecule has 0 saturated carbocycles. The second kappa shape index (κ2) is 8.74. The number of ketones is 1. The lowest BCUT2D eigenvalue weighted by Crippen LogP contribution is -2.18. The van der Waals surface area contributed by atoms with Crippen molar-refractivity contribution in [3.8, 4) is 11.1 Å². The number of benzene rings is 2. The van der Waals surface area contributed by atoms with E-state index in [-0.39, 0.29) is 11.3 Å². The predicted octanol–water partition coefficient (Wildman–Crippen LogP) is 5.20. The molecule has 0 unspecified atom stereocenters. The Hall–Kier alpha value is -3.59. The molecule has 0 saturated heterocycles.